The molecule has 0 spiro atoms. The Kier molecular flexibility index (Phi) is 4.71. The maximum Gasteiger partial charge on any atom is 0.224 e. The molecule has 1 saturated heterocycles. The Morgan fingerprint density at radius 2 is 2.04 bits per heavy atom. The van der Waals surface area contributed by atoms with Crippen LogP contribution in [0.2, 0.25) is 0 Å². The number of hydrogen-bond acceptors (Lipinski definition) is 3. The van der Waals surface area contributed by atoms with Gasteiger partial charge in [-0.15, -0.1) is 0 Å². The van der Waals surface area contributed by atoms with Crippen LogP contribution in [0.1, 0.15) is 30.3 Å². The SMILES string of the molecule is Cn1ccnc1C(NC(=O)C1CCOCC1)c1ccc(F)cc1. The van der Waals surface area contributed by atoms with Gasteiger partial charge in [-0.25, -0.2) is 9.37 Å². The molecule has 1 aromatic heterocycles. The predicted molar refractivity (Wildman–Crippen MR) is 83.1 cm³/mol. The first-order valence-electron chi connectivity index (χ1n) is 7.76. The summed E-state index contributed by atoms with van der Waals surface area (Å²) < 4.78 is 20.4. The summed E-state index contributed by atoms with van der Waals surface area (Å²) in [6.45, 7) is 1.23. The van der Waals surface area contributed by atoms with Gasteiger partial charge in [-0.3, -0.25) is 4.79 Å². The van der Waals surface area contributed by atoms with Crippen molar-refractivity contribution in [2.75, 3.05) is 13.2 Å². The van der Waals surface area contributed by atoms with Gasteiger partial charge in [0, 0.05) is 38.6 Å². The second-order valence-corrected chi connectivity index (χ2v) is 5.78. The van der Waals surface area contributed by atoms with E-state index in [1.165, 1.54) is 12.1 Å². The van der Waals surface area contributed by atoms with Crippen LogP contribution in [0.25, 0.3) is 0 Å². The largest absolute Gasteiger partial charge is 0.381 e. The molecule has 1 atom stereocenters. The standard InChI is InChI=1S/C17H20FN3O2/c1-21-9-8-19-16(21)15(12-2-4-14(18)5-3-12)20-17(22)13-6-10-23-11-7-13/h2-5,8-9,13,15H,6-7,10-11H2,1H3,(H,20,22). The Morgan fingerprint density at radius 1 is 1.35 bits per heavy atom. The van der Waals surface area contributed by atoms with Crippen LogP contribution in [0.5, 0.6) is 0 Å². The van der Waals surface area contributed by atoms with Gasteiger partial charge in [0.15, 0.2) is 0 Å². The zero-order chi connectivity index (χ0) is 16.2. The van der Waals surface area contributed by atoms with Crippen LogP contribution in [0.15, 0.2) is 36.7 Å². The number of carbonyl (C=O) groups excluding carboxylic acids is 1. The van der Waals surface area contributed by atoms with E-state index in [1.807, 2.05) is 17.8 Å². The molecule has 0 saturated carbocycles. The highest BCUT2D eigenvalue weighted by Gasteiger charge is 2.26. The van der Waals surface area contributed by atoms with Crippen molar-refractivity contribution in [2.45, 2.75) is 18.9 Å². The lowest BCUT2D eigenvalue weighted by Gasteiger charge is -2.25. The molecule has 1 aliphatic rings. The van der Waals surface area contributed by atoms with Crippen molar-refractivity contribution in [1.82, 2.24) is 14.9 Å². The van der Waals surface area contributed by atoms with Crippen LogP contribution in [0, 0.1) is 11.7 Å². The third-order valence-corrected chi connectivity index (χ3v) is 4.20. The van der Waals surface area contributed by atoms with E-state index in [-0.39, 0.29) is 17.6 Å². The summed E-state index contributed by atoms with van der Waals surface area (Å²) in [5, 5.41) is 3.07. The van der Waals surface area contributed by atoms with E-state index < -0.39 is 6.04 Å². The Morgan fingerprint density at radius 3 is 2.65 bits per heavy atom. The number of ether oxygens (including phenoxy) is 1. The highest BCUT2D eigenvalue weighted by molar-refractivity contribution is 5.79. The average Bonchev–Trinajstić information content (AvgIpc) is 3.00. The Hall–Kier alpha value is -2.21. The number of hydrogen-bond donors (Lipinski definition) is 1. The number of rotatable bonds is 4. The number of nitrogens with zero attached hydrogens (tertiary/aromatic N) is 2. The molecule has 5 nitrogen and oxygen atoms in total. The van der Waals surface area contributed by atoms with Crippen LogP contribution in [0.3, 0.4) is 0 Å². The number of imidazole rings is 1. The number of carbonyl (C=O) groups is 1. The Labute approximate surface area is 134 Å². The molecule has 2 aromatic rings. The molecule has 1 N–H and O–H groups in total. The van der Waals surface area contributed by atoms with Gasteiger partial charge in [-0.05, 0) is 30.5 Å². The van der Waals surface area contributed by atoms with Crippen LogP contribution in [-0.4, -0.2) is 28.7 Å². The molecule has 1 fully saturated rings. The summed E-state index contributed by atoms with van der Waals surface area (Å²) >= 11 is 0. The zero-order valence-corrected chi connectivity index (χ0v) is 13.0. The van der Waals surface area contributed by atoms with E-state index in [1.54, 1.807) is 18.3 Å². The van der Waals surface area contributed by atoms with E-state index in [4.69, 9.17) is 4.74 Å². The first kappa shape index (κ1) is 15.7. The maximum absolute atomic E-state index is 13.2. The van der Waals surface area contributed by atoms with Crippen LogP contribution in [-0.2, 0) is 16.6 Å². The minimum atomic E-state index is -0.397. The van der Waals surface area contributed by atoms with Gasteiger partial charge >= 0.3 is 0 Å². The van der Waals surface area contributed by atoms with Gasteiger partial charge in [-0.1, -0.05) is 12.1 Å². The number of nitrogens with one attached hydrogen (secondary N) is 1. The van der Waals surface area contributed by atoms with Crippen molar-refractivity contribution in [2.24, 2.45) is 13.0 Å². The average molecular weight is 317 g/mol. The Balaban J connectivity index is 1.84. The smallest absolute Gasteiger partial charge is 0.224 e. The van der Waals surface area contributed by atoms with Crippen LogP contribution in [0.4, 0.5) is 4.39 Å². The van der Waals surface area contributed by atoms with Gasteiger partial charge < -0.3 is 14.6 Å². The molecule has 0 bridgehead atoms. The monoisotopic (exact) mass is 317 g/mol. The molecule has 0 radical (unpaired) electrons. The van der Waals surface area contributed by atoms with Crippen molar-refractivity contribution in [3.05, 3.63) is 53.9 Å². The highest BCUT2D eigenvalue weighted by atomic mass is 19.1. The van der Waals surface area contributed by atoms with Gasteiger partial charge in [0.1, 0.15) is 17.7 Å². The summed E-state index contributed by atoms with van der Waals surface area (Å²) in [5.41, 5.74) is 0.807. The zero-order valence-electron chi connectivity index (χ0n) is 13.0. The molecular weight excluding hydrogens is 297 g/mol. The first-order valence-corrected chi connectivity index (χ1v) is 7.76. The van der Waals surface area contributed by atoms with Crippen molar-refractivity contribution in [3.63, 3.8) is 0 Å². The van der Waals surface area contributed by atoms with E-state index in [2.05, 4.69) is 10.3 Å². The summed E-state index contributed by atoms with van der Waals surface area (Å²) in [6.07, 6.45) is 4.96. The van der Waals surface area contributed by atoms with E-state index >= 15 is 0 Å². The quantitative estimate of drug-likeness (QED) is 0.940. The van der Waals surface area contributed by atoms with Crippen LogP contribution >= 0.6 is 0 Å². The van der Waals surface area contributed by atoms with Crippen LogP contribution < -0.4 is 5.32 Å². The number of aryl methyl sites for hydroxylation is 1. The molecule has 122 valence electrons. The fourth-order valence-electron chi connectivity index (χ4n) is 2.83. The number of halogens is 1. The molecule has 0 aliphatic carbocycles. The van der Waals surface area contributed by atoms with Crippen molar-refractivity contribution in [1.29, 1.82) is 0 Å². The maximum atomic E-state index is 13.2. The van der Waals surface area contributed by atoms with Crippen molar-refractivity contribution >= 4 is 5.91 Å². The van der Waals surface area contributed by atoms with Gasteiger partial charge in [-0.2, -0.15) is 0 Å². The predicted octanol–water partition coefficient (Wildman–Crippen LogP) is 2.19. The molecule has 1 aliphatic heterocycles. The Bertz CT molecular complexity index is 663. The molecular formula is C17H20FN3O2. The molecule has 1 amide bonds. The summed E-state index contributed by atoms with van der Waals surface area (Å²) in [4.78, 5) is 16.9. The number of aromatic nitrogens is 2. The summed E-state index contributed by atoms with van der Waals surface area (Å²) in [5.74, 6) is 0.359. The normalized spacial score (nSPS) is 17.0. The lowest BCUT2D eigenvalue weighted by atomic mass is 9.98. The second-order valence-electron chi connectivity index (χ2n) is 5.78. The number of benzene rings is 1. The summed E-state index contributed by atoms with van der Waals surface area (Å²) in [7, 11) is 1.87. The fraction of sp³-hybridized carbons (Fsp3) is 0.412. The minimum Gasteiger partial charge on any atom is -0.381 e. The first-order chi connectivity index (χ1) is 11.1. The van der Waals surface area contributed by atoms with Gasteiger partial charge in [0.25, 0.3) is 0 Å². The molecule has 6 heteroatoms. The van der Waals surface area contributed by atoms with E-state index in [0.29, 0.717) is 13.2 Å². The topological polar surface area (TPSA) is 56.2 Å². The third-order valence-electron chi connectivity index (χ3n) is 4.20. The van der Waals surface area contributed by atoms with E-state index in [0.717, 1.165) is 24.2 Å². The second kappa shape index (κ2) is 6.91. The lowest BCUT2D eigenvalue weighted by Crippen LogP contribution is -2.38. The third kappa shape index (κ3) is 3.59. The fourth-order valence-corrected chi connectivity index (χ4v) is 2.83. The number of amides is 1. The summed E-state index contributed by atoms with van der Waals surface area (Å²) in [6, 6.07) is 5.75. The minimum absolute atomic E-state index is 0.00868. The van der Waals surface area contributed by atoms with Gasteiger partial charge in [0.2, 0.25) is 5.91 Å². The molecule has 1 aromatic carbocycles. The molecule has 23 heavy (non-hydrogen) atoms. The lowest BCUT2D eigenvalue weighted by molar-refractivity contribution is -0.128. The molecule has 1 unspecified atom stereocenters. The molecule has 3 rings (SSSR count). The van der Waals surface area contributed by atoms with E-state index in [9.17, 15) is 9.18 Å². The molecule has 2 heterocycles. The van der Waals surface area contributed by atoms with Crippen molar-refractivity contribution < 1.29 is 13.9 Å². The highest BCUT2D eigenvalue weighted by Crippen LogP contribution is 2.23. The van der Waals surface area contributed by atoms with Gasteiger partial charge in [0.05, 0.1) is 0 Å². The van der Waals surface area contributed by atoms with Crippen molar-refractivity contribution in [3.8, 4) is 0 Å².